The molecule has 6 nitrogen and oxygen atoms in total. The molecule has 1 fully saturated rings. The van der Waals surface area contributed by atoms with Gasteiger partial charge in [0, 0.05) is 51.5 Å². The molecule has 1 unspecified atom stereocenters. The molecule has 2 aromatic carbocycles. The highest BCUT2D eigenvalue weighted by Gasteiger charge is 2.14. The number of rotatable bonds is 9. The van der Waals surface area contributed by atoms with Crippen molar-refractivity contribution >= 4 is 11.6 Å². The van der Waals surface area contributed by atoms with E-state index < -0.39 is 0 Å². The van der Waals surface area contributed by atoms with Gasteiger partial charge in [0.05, 0.1) is 13.2 Å². The Morgan fingerprint density at radius 2 is 1.77 bits per heavy atom. The first-order valence-electron chi connectivity index (χ1n) is 11.3. The number of guanidine groups is 1. The predicted molar refractivity (Wildman–Crippen MR) is 130 cm³/mol. The standard InChI is InChI=1S/C25H37N5O/c1-21(29(3)20-22-9-5-4-6-10-22)13-14-27-25(26-2)28-19-23-11-7-8-12-24(23)30-15-17-31-18-16-30/h4-12,21H,13-20H2,1-3H3,(H2,26,27,28). The van der Waals surface area contributed by atoms with Crippen LogP contribution >= 0.6 is 0 Å². The molecule has 0 bridgehead atoms. The summed E-state index contributed by atoms with van der Waals surface area (Å²) < 4.78 is 5.50. The fourth-order valence-electron chi connectivity index (χ4n) is 3.82. The number of anilines is 1. The highest BCUT2D eigenvalue weighted by atomic mass is 16.5. The lowest BCUT2D eigenvalue weighted by molar-refractivity contribution is 0.122. The summed E-state index contributed by atoms with van der Waals surface area (Å²) >= 11 is 0. The van der Waals surface area contributed by atoms with Crippen LogP contribution in [-0.2, 0) is 17.8 Å². The lowest BCUT2D eigenvalue weighted by atomic mass is 10.1. The van der Waals surface area contributed by atoms with Crippen LogP contribution in [0.25, 0.3) is 0 Å². The Balaban J connectivity index is 1.44. The molecule has 0 radical (unpaired) electrons. The molecule has 1 saturated heterocycles. The number of nitrogens with zero attached hydrogens (tertiary/aromatic N) is 3. The lowest BCUT2D eigenvalue weighted by Crippen LogP contribution is -2.40. The number of hydrogen-bond donors (Lipinski definition) is 2. The molecular weight excluding hydrogens is 386 g/mol. The van der Waals surface area contributed by atoms with Crippen LogP contribution in [0.1, 0.15) is 24.5 Å². The van der Waals surface area contributed by atoms with Crippen molar-refractivity contribution in [3.8, 4) is 0 Å². The predicted octanol–water partition coefficient (Wildman–Crippen LogP) is 3.10. The molecule has 3 rings (SSSR count). The van der Waals surface area contributed by atoms with Crippen LogP contribution in [0.4, 0.5) is 5.69 Å². The van der Waals surface area contributed by atoms with Gasteiger partial charge in [-0.3, -0.25) is 9.89 Å². The van der Waals surface area contributed by atoms with Gasteiger partial charge in [-0.05, 0) is 37.6 Å². The Hall–Kier alpha value is -2.57. The molecule has 0 aliphatic carbocycles. The molecule has 0 saturated carbocycles. The van der Waals surface area contributed by atoms with Crippen LogP contribution < -0.4 is 15.5 Å². The highest BCUT2D eigenvalue weighted by Crippen LogP contribution is 2.21. The summed E-state index contributed by atoms with van der Waals surface area (Å²) in [6, 6.07) is 19.7. The molecule has 0 spiro atoms. The summed E-state index contributed by atoms with van der Waals surface area (Å²) in [5, 5.41) is 6.94. The van der Waals surface area contributed by atoms with E-state index in [0.717, 1.165) is 58.3 Å². The summed E-state index contributed by atoms with van der Waals surface area (Å²) in [5.74, 6) is 0.842. The van der Waals surface area contributed by atoms with E-state index in [2.05, 4.69) is 94.0 Å². The van der Waals surface area contributed by atoms with Gasteiger partial charge in [0.2, 0.25) is 0 Å². The van der Waals surface area contributed by atoms with Crippen molar-refractivity contribution in [2.24, 2.45) is 4.99 Å². The van der Waals surface area contributed by atoms with Gasteiger partial charge in [-0.15, -0.1) is 0 Å². The maximum atomic E-state index is 5.50. The second kappa shape index (κ2) is 12.3. The second-order valence-electron chi connectivity index (χ2n) is 8.12. The smallest absolute Gasteiger partial charge is 0.191 e. The second-order valence-corrected chi connectivity index (χ2v) is 8.12. The Labute approximate surface area is 187 Å². The summed E-state index contributed by atoms with van der Waals surface area (Å²) in [6.07, 6.45) is 1.05. The van der Waals surface area contributed by atoms with Crippen LogP contribution in [0.3, 0.4) is 0 Å². The summed E-state index contributed by atoms with van der Waals surface area (Å²) in [7, 11) is 4.02. The van der Waals surface area contributed by atoms with Crippen LogP contribution in [0.2, 0.25) is 0 Å². The minimum Gasteiger partial charge on any atom is -0.378 e. The molecule has 168 valence electrons. The summed E-state index contributed by atoms with van der Waals surface area (Å²) in [5.41, 5.74) is 3.91. The van der Waals surface area contributed by atoms with E-state index in [1.807, 2.05) is 7.05 Å². The molecule has 2 N–H and O–H groups in total. The number of nitrogens with one attached hydrogen (secondary N) is 2. The van der Waals surface area contributed by atoms with E-state index in [-0.39, 0.29) is 0 Å². The Bertz CT molecular complexity index is 805. The number of benzene rings is 2. The number of ether oxygens (including phenoxy) is 1. The number of morpholine rings is 1. The van der Waals surface area contributed by atoms with Gasteiger partial charge in [-0.25, -0.2) is 0 Å². The van der Waals surface area contributed by atoms with E-state index in [4.69, 9.17) is 4.74 Å². The van der Waals surface area contributed by atoms with Crippen molar-refractivity contribution < 1.29 is 4.74 Å². The van der Waals surface area contributed by atoms with Gasteiger partial charge < -0.3 is 20.3 Å². The zero-order valence-electron chi connectivity index (χ0n) is 19.2. The summed E-state index contributed by atoms with van der Waals surface area (Å²) in [6.45, 7) is 8.34. The maximum absolute atomic E-state index is 5.50. The first-order chi connectivity index (χ1) is 15.2. The molecular formula is C25H37N5O. The van der Waals surface area contributed by atoms with Crippen molar-refractivity contribution in [1.82, 2.24) is 15.5 Å². The fourth-order valence-corrected chi connectivity index (χ4v) is 3.82. The third-order valence-electron chi connectivity index (χ3n) is 5.90. The van der Waals surface area contributed by atoms with Gasteiger partial charge in [0.1, 0.15) is 0 Å². The third-order valence-corrected chi connectivity index (χ3v) is 5.90. The first kappa shape index (κ1) is 23.1. The monoisotopic (exact) mass is 423 g/mol. The molecule has 0 amide bonds. The third kappa shape index (κ3) is 7.26. The van der Waals surface area contributed by atoms with E-state index in [9.17, 15) is 0 Å². The fraction of sp³-hybridized carbons (Fsp3) is 0.480. The van der Waals surface area contributed by atoms with Crippen molar-refractivity contribution in [3.05, 3.63) is 65.7 Å². The van der Waals surface area contributed by atoms with E-state index in [0.29, 0.717) is 6.04 Å². The average molecular weight is 424 g/mol. The Morgan fingerprint density at radius 3 is 2.52 bits per heavy atom. The zero-order chi connectivity index (χ0) is 21.9. The normalized spacial score (nSPS) is 15.7. The van der Waals surface area contributed by atoms with Crippen LogP contribution in [0.5, 0.6) is 0 Å². The SMILES string of the molecule is CN=C(NCCC(C)N(C)Cc1ccccc1)NCc1ccccc1N1CCOCC1. The minimum absolute atomic E-state index is 0.479. The Morgan fingerprint density at radius 1 is 1.06 bits per heavy atom. The van der Waals surface area contributed by atoms with Crippen LogP contribution in [-0.4, -0.2) is 63.8 Å². The number of hydrogen-bond acceptors (Lipinski definition) is 4. The quantitative estimate of drug-likeness (QED) is 0.480. The molecule has 1 heterocycles. The van der Waals surface area contributed by atoms with Gasteiger partial charge in [0.25, 0.3) is 0 Å². The Kier molecular flexibility index (Phi) is 9.18. The van der Waals surface area contributed by atoms with Crippen molar-refractivity contribution in [1.29, 1.82) is 0 Å². The van der Waals surface area contributed by atoms with Crippen molar-refractivity contribution in [3.63, 3.8) is 0 Å². The number of para-hydroxylation sites is 1. The minimum atomic E-state index is 0.479. The molecule has 0 aromatic heterocycles. The molecule has 1 aliphatic rings. The highest BCUT2D eigenvalue weighted by molar-refractivity contribution is 5.79. The van der Waals surface area contributed by atoms with E-state index >= 15 is 0 Å². The van der Waals surface area contributed by atoms with Crippen molar-refractivity contribution in [2.45, 2.75) is 32.5 Å². The largest absolute Gasteiger partial charge is 0.378 e. The average Bonchev–Trinajstić information content (AvgIpc) is 2.82. The van der Waals surface area contributed by atoms with Crippen molar-refractivity contribution in [2.75, 3.05) is 51.8 Å². The van der Waals surface area contributed by atoms with Gasteiger partial charge in [0.15, 0.2) is 5.96 Å². The topological polar surface area (TPSA) is 52.1 Å². The van der Waals surface area contributed by atoms with E-state index in [1.165, 1.54) is 16.8 Å². The molecule has 1 atom stereocenters. The first-order valence-corrected chi connectivity index (χ1v) is 11.3. The molecule has 2 aromatic rings. The maximum Gasteiger partial charge on any atom is 0.191 e. The van der Waals surface area contributed by atoms with Gasteiger partial charge in [-0.2, -0.15) is 0 Å². The lowest BCUT2D eigenvalue weighted by Gasteiger charge is -2.30. The van der Waals surface area contributed by atoms with Crippen LogP contribution in [0.15, 0.2) is 59.6 Å². The van der Waals surface area contributed by atoms with Gasteiger partial charge in [-0.1, -0.05) is 48.5 Å². The van der Waals surface area contributed by atoms with E-state index in [1.54, 1.807) is 0 Å². The summed E-state index contributed by atoms with van der Waals surface area (Å²) in [4.78, 5) is 9.20. The molecule has 31 heavy (non-hydrogen) atoms. The van der Waals surface area contributed by atoms with Gasteiger partial charge >= 0.3 is 0 Å². The molecule has 6 heteroatoms. The zero-order valence-corrected chi connectivity index (χ0v) is 19.2. The number of aliphatic imine (C=N–C) groups is 1. The van der Waals surface area contributed by atoms with Crippen LogP contribution in [0, 0.1) is 0 Å². The molecule has 1 aliphatic heterocycles.